The lowest BCUT2D eigenvalue weighted by Gasteiger charge is -2.14. The third-order valence-corrected chi connectivity index (χ3v) is 2.41. The maximum absolute atomic E-state index is 11.6. The third-order valence-electron chi connectivity index (χ3n) is 2.41. The van der Waals surface area contributed by atoms with Crippen molar-refractivity contribution in [1.29, 1.82) is 0 Å². The Kier molecular flexibility index (Phi) is 2.30. The number of nitrogen functional groups attached to an aromatic ring is 1. The van der Waals surface area contributed by atoms with Crippen LogP contribution in [0.15, 0.2) is 18.3 Å². The molecule has 76 valence electrons. The van der Waals surface area contributed by atoms with E-state index in [-0.39, 0.29) is 11.8 Å². The van der Waals surface area contributed by atoms with Crippen molar-refractivity contribution in [3.05, 3.63) is 18.3 Å². The fourth-order valence-corrected chi connectivity index (χ4v) is 1.60. The van der Waals surface area contributed by atoms with E-state index in [1.807, 2.05) is 0 Å². The Morgan fingerprint density at radius 1 is 1.60 bits per heavy atom. The molecular formula is C11H11N3O. The van der Waals surface area contributed by atoms with Gasteiger partial charge in [-0.3, -0.25) is 9.69 Å². The van der Waals surface area contributed by atoms with Gasteiger partial charge in [0.2, 0.25) is 5.91 Å². The fraction of sp³-hybridized carbons (Fsp3) is 0.273. The Morgan fingerprint density at radius 3 is 2.93 bits per heavy atom. The van der Waals surface area contributed by atoms with E-state index in [0.717, 1.165) is 0 Å². The molecule has 1 amide bonds. The first-order chi connectivity index (χ1) is 7.20. The zero-order valence-corrected chi connectivity index (χ0v) is 8.18. The Balaban J connectivity index is 2.22. The molecular weight excluding hydrogens is 190 g/mol. The van der Waals surface area contributed by atoms with Crippen molar-refractivity contribution in [3.8, 4) is 12.3 Å². The minimum atomic E-state index is -0.00291. The summed E-state index contributed by atoms with van der Waals surface area (Å²) in [7, 11) is 0. The maximum Gasteiger partial charge on any atom is 0.229 e. The van der Waals surface area contributed by atoms with Gasteiger partial charge in [0.25, 0.3) is 0 Å². The molecule has 4 nitrogen and oxygen atoms in total. The van der Waals surface area contributed by atoms with Crippen LogP contribution in [-0.2, 0) is 4.79 Å². The van der Waals surface area contributed by atoms with Gasteiger partial charge in [0.05, 0.1) is 11.9 Å². The smallest absolute Gasteiger partial charge is 0.229 e. The van der Waals surface area contributed by atoms with Crippen molar-refractivity contribution in [3.63, 3.8) is 0 Å². The van der Waals surface area contributed by atoms with Gasteiger partial charge in [-0.2, -0.15) is 0 Å². The second kappa shape index (κ2) is 3.62. The molecule has 2 rings (SSSR count). The molecule has 0 spiro atoms. The predicted molar refractivity (Wildman–Crippen MR) is 57.9 cm³/mol. The van der Waals surface area contributed by atoms with Gasteiger partial charge in [0.15, 0.2) is 0 Å². The highest BCUT2D eigenvalue weighted by Gasteiger charge is 2.29. The van der Waals surface area contributed by atoms with Crippen LogP contribution in [0.1, 0.15) is 6.42 Å². The number of hydrogen-bond acceptors (Lipinski definition) is 3. The molecule has 1 aliphatic heterocycles. The van der Waals surface area contributed by atoms with Gasteiger partial charge in [-0.15, -0.1) is 12.3 Å². The summed E-state index contributed by atoms with van der Waals surface area (Å²) in [5.41, 5.74) is 6.10. The second-order valence-electron chi connectivity index (χ2n) is 3.52. The Labute approximate surface area is 88.1 Å². The van der Waals surface area contributed by atoms with Gasteiger partial charge in [-0.05, 0) is 12.1 Å². The summed E-state index contributed by atoms with van der Waals surface area (Å²) in [4.78, 5) is 17.3. The standard InChI is InChI=1S/C11H11N3O/c1-2-8-5-11(15)14(7-8)10-4-3-9(12)6-13-10/h1,3-4,6,8H,5,7,12H2. The first kappa shape index (κ1) is 9.53. The highest BCUT2D eigenvalue weighted by molar-refractivity contribution is 5.95. The van der Waals surface area contributed by atoms with Crippen molar-refractivity contribution < 1.29 is 4.79 Å². The predicted octanol–water partition coefficient (Wildman–Crippen LogP) is 0.650. The number of pyridine rings is 1. The quantitative estimate of drug-likeness (QED) is 0.679. The summed E-state index contributed by atoms with van der Waals surface area (Å²) < 4.78 is 0. The van der Waals surface area contributed by atoms with Crippen LogP contribution in [0, 0.1) is 18.3 Å². The number of aromatic nitrogens is 1. The van der Waals surface area contributed by atoms with E-state index in [4.69, 9.17) is 12.2 Å². The Morgan fingerprint density at radius 2 is 2.40 bits per heavy atom. The normalized spacial score (nSPS) is 20.3. The lowest BCUT2D eigenvalue weighted by Crippen LogP contribution is -2.25. The molecule has 1 aromatic heterocycles. The summed E-state index contributed by atoms with van der Waals surface area (Å²) >= 11 is 0. The van der Waals surface area contributed by atoms with E-state index in [2.05, 4.69) is 10.9 Å². The molecule has 2 N–H and O–H groups in total. The molecule has 4 heteroatoms. The van der Waals surface area contributed by atoms with Crippen LogP contribution in [0.25, 0.3) is 0 Å². The Hall–Kier alpha value is -2.02. The molecule has 0 aromatic carbocycles. The summed E-state index contributed by atoms with van der Waals surface area (Å²) in [5.74, 6) is 3.23. The molecule has 1 aromatic rings. The van der Waals surface area contributed by atoms with Gasteiger partial charge >= 0.3 is 0 Å². The SMILES string of the molecule is C#CC1CC(=O)N(c2ccc(N)cn2)C1. The molecule has 0 radical (unpaired) electrons. The molecule has 0 aliphatic carbocycles. The molecule has 1 aliphatic rings. The number of nitrogens with two attached hydrogens (primary N) is 1. The molecule has 0 bridgehead atoms. The number of carbonyl (C=O) groups excluding carboxylic acids is 1. The zero-order chi connectivity index (χ0) is 10.8. The number of anilines is 2. The average Bonchev–Trinajstić information content (AvgIpc) is 2.61. The van der Waals surface area contributed by atoms with Crippen molar-refractivity contribution in [2.24, 2.45) is 5.92 Å². The van der Waals surface area contributed by atoms with Crippen LogP contribution in [0.2, 0.25) is 0 Å². The van der Waals surface area contributed by atoms with E-state index < -0.39 is 0 Å². The van der Waals surface area contributed by atoms with E-state index in [1.165, 1.54) is 6.20 Å². The number of nitrogens with zero attached hydrogens (tertiary/aromatic N) is 2. The van der Waals surface area contributed by atoms with Gasteiger partial charge in [-0.1, -0.05) is 0 Å². The molecule has 2 heterocycles. The van der Waals surface area contributed by atoms with E-state index in [9.17, 15) is 4.79 Å². The average molecular weight is 201 g/mol. The zero-order valence-electron chi connectivity index (χ0n) is 8.18. The topological polar surface area (TPSA) is 59.2 Å². The van der Waals surface area contributed by atoms with Crippen molar-refractivity contribution in [2.75, 3.05) is 17.2 Å². The van der Waals surface area contributed by atoms with E-state index in [0.29, 0.717) is 24.5 Å². The summed E-state index contributed by atoms with van der Waals surface area (Å²) in [6, 6.07) is 3.45. The summed E-state index contributed by atoms with van der Waals surface area (Å²) in [5, 5.41) is 0. The van der Waals surface area contributed by atoms with Crippen LogP contribution in [0.3, 0.4) is 0 Å². The van der Waals surface area contributed by atoms with Crippen LogP contribution >= 0.6 is 0 Å². The lowest BCUT2D eigenvalue weighted by molar-refractivity contribution is -0.117. The number of carbonyl (C=O) groups is 1. The number of terminal acetylenes is 1. The first-order valence-electron chi connectivity index (χ1n) is 4.68. The minimum absolute atomic E-state index is 0.00291. The van der Waals surface area contributed by atoms with E-state index >= 15 is 0 Å². The monoisotopic (exact) mass is 201 g/mol. The molecule has 1 fully saturated rings. The van der Waals surface area contributed by atoms with Gasteiger partial charge < -0.3 is 5.73 Å². The van der Waals surface area contributed by atoms with E-state index in [1.54, 1.807) is 17.0 Å². The van der Waals surface area contributed by atoms with Crippen LogP contribution < -0.4 is 10.6 Å². The molecule has 1 saturated heterocycles. The summed E-state index contributed by atoms with van der Waals surface area (Å²) in [6.45, 7) is 0.548. The second-order valence-corrected chi connectivity index (χ2v) is 3.52. The van der Waals surface area contributed by atoms with Crippen LogP contribution in [0.4, 0.5) is 11.5 Å². The lowest BCUT2D eigenvalue weighted by atomic mass is 10.1. The highest BCUT2D eigenvalue weighted by atomic mass is 16.2. The molecule has 0 saturated carbocycles. The third kappa shape index (κ3) is 1.77. The van der Waals surface area contributed by atoms with Gasteiger partial charge in [0.1, 0.15) is 5.82 Å². The van der Waals surface area contributed by atoms with Crippen molar-refractivity contribution in [2.45, 2.75) is 6.42 Å². The highest BCUT2D eigenvalue weighted by Crippen LogP contribution is 2.23. The number of rotatable bonds is 1. The van der Waals surface area contributed by atoms with Crippen LogP contribution in [0.5, 0.6) is 0 Å². The molecule has 1 atom stereocenters. The van der Waals surface area contributed by atoms with Crippen molar-refractivity contribution >= 4 is 17.4 Å². The van der Waals surface area contributed by atoms with Crippen LogP contribution in [-0.4, -0.2) is 17.4 Å². The first-order valence-corrected chi connectivity index (χ1v) is 4.68. The Bertz CT molecular complexity index is 418. The summed E-state index contributed by atoms with van der Waals surface area (Å²) in [6.07, 6.45) is 7.23. The maximum atomic E-state index is 11.6. The molecule has 1 unspecified atom stereocenters. The number of amides is 1. The largest absolute Gasteiger partial charge is 0.397 e. The van der Waals surface area contributed by atoms with Crippen molar-refractivity contribution in [1.82, 2.24) is 4.98 Å². The fourth-order valence-electron chi connectivity index (χ4n) is 1.60. The molecule has 15 heavy (non-hydrogen) atoms. The van der Waals surface area contributed by atoms with Gasteiger partial charge in [-0.25, -0.2) is 4.98 Å². The number of hydrogen-bond donors (Lipinski definition) is 1. The minimum Gasteiger partial charge on any atom is -0.397 e. The van der Waals surface area contributed by atoms with Gasteiger partial charge in [0, 0.05) is 18.9 Å².